The molecule has 0 fully saturated rings. The lowest BCUT2D eigenvalue weighted by molar-refractivity contribution is -0.137. The van der Waals surface area contributed by atoms with Crippen molar-refractivity contribution in [1.29, 1.82) is 0 Å². The van der Waals surface area contributed by atoms with Crippen molar-refractivity contribution in [2.45, 2.75) is 26.0 Å². The number of carbonyl (C=O) groups excluding carboxylic acids is 1. The van der Waals surface area contributed by atoms with Gasteiger partial charge in [0.05, 0.1) is 12.5 Å². The van der Waals surface area contributed by atoms with Gasteiger partial charge in [0, 0.05) is 12.4 Å². The van der Waals surface area contributed by atoms with E-state index in [1.165, 1.54) is 0 Å². The first kappa shape index (κ1) is 16.5. The molecule has 0 radical (unpaired) electrons. The number of hydrogen-bond donors (Lipinski definition) is 2. The maximum atomic E-state index is 12.0. The summed E-state index contributed by atoms with van der Waals surface area (Å²) in [4.78, 5) is 27.0. The fourth-order valence-electron chi connectivity index (χ4n) is 2.20. The Balaban J connectivity index is 2.01. The van der Waals surface area contributed by atoms with E-state index in [-0.39, 0.29) is 13.0 Å². The van der Waals surface area contributed by atoms with Gasteiger partial charge >= 0.3 is 12.1 Å². The van der Waals surface area contributed by atoms with Crippen LogP contribution in [0.5, 0.6) is 0 Å². The van der Waals surface area contributed by atoms with Gasteiger partial charge in [-0.2, -0.15) is 0 Å². The van der Waals surface area contributed by atoms with Crippen molar-refractivity contribution in [3.05, 3.63) is 65.5 Å². The van der Waals surface area contributed by atoms with Crippen LogP contribution in [0.25, 0.3) is 0 Å². The summed E-state index contributed by atoms with van der Waals surface area (Å²) in [5, 5.41) is 11.7. The van der Waals surface area contributed by atoms with Gasteiger partial charge in [0.15, 0.2) is 0 Å². The molecule has 6 heteroatoms. The van der Waals surface area contributed by atoms with E-state index in [0.717, 1.165) is 11.1 Å². The minimum absolute atomic E-state index is 0.127. The van der Waals surface area contributed by atoms with Crippen LogP contribution < -0.4 is 5.32 Å². The Morgan fingerprint density at radius 1 is 1.26 bits per heavy atom. The van der Waals surface area contributed by atoms with Gasteiger partial charge in [-0.1, -0.05) is 30.3 Å². The number of aliphatic carboxylic acids is 1. The van der Waals surface area contributed by atoms with E-state index in [4.69, 9.17) is 9.84 Å². The van der Waals surface area contributed by atoms with Crippen molar-refractivity contribution in [2.24, 2.45) is 0 Å². The largest absolute Gasteiger partial charge is 0.481 e. The molecule has 0 saturated carbocycles. The number of rotatable bonds is 6. The van der Waals surface area contributed by atoms with E-state index < -0.39 is 18.1 Å². The minimum Gasteiger partial charge on any atom is -0.481 e. The topological polar surface area (TPSA) is 88.5 Å². The van der Waals surface area contributed by atoms with Crippen LogP contribution in [-0.2, 0) is 16.1 Å². The first-order chi connectivity index (χ1) is 11.1. The molecule has 2 aromatic rings. The molecule has 23 heavy (non-hydrogen) atoms. The zero-order valence-electron chi connectivity index (χ0n) is 12.7. The molecule has 120 valence electrons. The highest BCUT2D eigenvalue weighted by molar-refractivity contribution is 5.72. The molecule has 1 unspecified atom stereocenters. The number of aromatic nitrogens is 1. The Kier molecular flexibility index (Phi) is 5.68. The molecule has 1 atom stereocenters. The van der Waals surface area contributed by atoms with E-state index in [1.807, 2.05) is 37.3 Å². The Bertz CT molecular complexity index is 673. The summed E-state index contributed by atoms with van der Waals surface area (Å²) in [6, 6.07) is 10.3. The van der Waals surface area contributed by atoms with Gasteiger partial charge in [-0.15, -0.1) is 0 Å². The molecular weight excluding hydrogens is 296 g/mol. The standard InChI is InChI=1S/C17H18N2O4/c1-12-10-18-8-7-14(12)15(9-16(20)21)19-17(22)23-11-13-5-3-2-4-6-13/h2-8,10,15H,9,11H2,1H3,(H,19,22)(H,20,21). The molecular formula is C17H18N2O4. The molecule has 2 rings (SSSR count). The number of benzene rings is 1. The number of amides is 1. The Labute approximate surface area is 134 Å². The summed E-state index contributed by atoms with van der Waals surface area (Å²) in [6.45, 7) is 1.94. The molecule has 6 nitrogen and oxygen atoms in total. The van der Waals surface area contributed by atoms with Gasteiger partial charge in [-0.3, -0.25) is 9.78 Å². The van der Waals surface area contributed by atoms with Crippen molar-refractivity contribution in [1.82, 2.24) is 10.3 Å². The lowest BCUT2D eigenvalue weighted by Crippen LogP contribution is -2.31. The summed E-state index contributed by atoms with van der Waals surface area (Å²) in [7, 11) is 0. The molecule has 0 aliphatic rings. The van der Waals surface area contributed by atoms with Crippen molar-refractivity contribution in [3.8, 4) is 0 Å². The van der Waals surface area contributed by atoms with Gasteiger partial charge in [-0.05, 0) is 29.7 Å². The number of aryl methyl sites for hydroxylation is 1. The van der Waals surface area contributed by atoms with E-state index >= 15 is 0 Å². The van der Waals surface area contributed by atoms with Crippen molar-refractivity contribution in [2.75, 3.05) is 0 Å². The zero-order chi connectivity index (χ0) is 16.7. The van der Waals surface area contributed by atoms with E-state index in [0.29, 0.717) is 5.56 Å². The number of nitrogens with one attached hydrogen (secondary N) is 1. The fourth-order valence-corrected chi connectivity index (χ4v) is 2.20. The van der Waals surface area contributed by atoms with Crippen LogP contribution >= 0.6 is 0 Å². The highest BCUT2D eigenvalue weighted by atomic mass is 16.5. The van der Waals surface area contributed by atoms with Crippen LogP contribution in [-0.4, -0.2) is 22.2 Å². The van der Waals surface area contributed by atoms with Crippen LogP contribution in [0, 0.1) is 6.92 Å². The second-order valence-corrected chi connectivity index (χ2v) is 5.09. The number of carboxylic acids is 1. The number of hydrogen-bond acceptors (Lipinski definition) is 4. The Hall–Kier alpha value is -2.89. The number of alkyl carbamates (subject to hydrolysis) is 1. The number of carboxylic acid groups (broad SMARTS) is 1. The smallest absolute Gasteiger partial charge is 0.407 e. The minimum atomic E-state index is -1.01. The maximum Gasteiger partial charge on any atom is 0.407 e. The fraction of sp³-hybridized carbons (Fsp3) is 0.235. The summed E-state index contributed by atoms with van der Waals surface area (Å²) < 4.78 is 5.14. The molecule has 0 aliphatic carbocycles. The molecule has 2 N–H and O–H groups in total. The quantitative estimate of drug-likeness (QED) is 0.856. The molecule has 1 amide bonds. The first-order valence-electron chi connectivity index (χ1n) is 7.16. The summed E-state index contributed by atoms with van der Waals surface area (Å²) in [6.07, 6.45) is 2.30. The van der Waals surface area contributed by atoms with E-state index in [2.05, 4.69) is 10.3 Å². The highest BCUT2D eigenvalue weighted by Gasteiger charge is 2.20. The molecule has 1 aromatic heterocycles. The number of pyridine rings is 1. The highest BCUT2D eigenvalue weighted by Crippen LogP contribution is 2.20. The Morgan fingerprint density at radius 3 is 2.65 bits per heavy atom. The van der Waals surface area contributed by atoms with Crippen LogP contribution in [0.2, 0.25) is 0 Å². The third-order valence-electron chi connectivity index (χ3n) is 3.32. The third kappa shape index (κ3) is 5.10. The lowest BCUT2D eigenvalue weighted by Gasteiger charge is -2.19. The van der Waals surface area contributed by atoms with Gasteiger partial charge in [0.2, 0.25) is 0 Å². The van der Waals surface area contributed by atoms with Crippen LogP contribution in [0.1, 0.15) is 29.2 Å². The molecule has 1 aromatic carbocycles. The van der Waals surface area contributed by atoms with Crippen molar-refractivity contribution in [3.63, 3.8) is 0 Å². The van der Waals surface area contributed by atoms with Gasteiger partial charge in [0.1, 0.15) is 6.61 Å². The Morgan fingerprint density at radius 2 is 2.00 bits per heavy atom. The summed E-state index contributed by atoms with van der Waals surface area (Å²) in [5.41, 5.74) is 2.37. The predicted molar refractivity (Wildman–Crippen MR) is 83.7 cm³/mol. The number of nitrogens with zero attached hydrogens (tertiary/aromatic N) is 1. The first-order valence-corrected chi connectivity index (χ1v) is 7.16. The average Bonchev–Trinajstić information content (AvgIpc) is 2.53. The van der Waals surface area contributed by atoms with Gasteiger partial charge < -0.3 is 15.2 Å². The number of carbonyl (C=O) groups is 2. The molecule has 0 spiro atoms. The monoisotopic (exact) mass is 314 g/mol. The second-order valence-electron chi connectivity index (χ2n) is 5.09. The van der Waals surface area contributed by atoms with Crippen LogP contribution in [0.15, 0.2) is 48.8 Å². The van der Waals surface area contributed by atoms with Crippen LogP contribution in [0.3, 0.4) is 0 Å². The van der Waals surface area contributed by atoms with Crippen molar-refractivity contribution < 1.29 is 19.4 Å². The third-order valence-corrected chi connectivity index (χ3v) is 3.32. The zero-order valence-corrected chi connectivity index (χ0v) is 12.7. The van der Waals surface area contributed by atoms with Crippen molar-refractivity contribution >= 4 is 12.1 Å². The molecule has 0 saturated heterocycles. The summed E-state index contributed by atoms with van der Waals surface area (Å²) >= 11 is 0. The van der Waals surface area contributed by atoms with Gasteiger partial charge in [0.25, 0.3) is 0 Å². The SMILES string of the molecule is Cc1cnccc1C(CC(=O)O)NC(=O)OCc1ccccc1. The normalized spacial score (nSPS) is 11.5. The molecule has 0 aliphatic heterocycles. The van der Waals surface area contributed by atoms with Crippen LogP contribution in [0.4, 0.5) is 4.79 Å². The second kappa shape index (κ2) is 7.93. The molecule has 0 bridgehead atoms. The lowest BCUT2D eigenvalue weighted by atomic mass is 10.0. The van der Waals surface area contributed by atoms with E-state index in [9.17, 15) is 9.59 Å². The number of ether oxygens (including phenoxy) is 1. The van der Waals surface area contributed by atoms with E-state index in [1.54, 1.807) is 18.5 Å². The maximum absolute atomic E-state index is 12.0. The molecule has 1 heterocycles. The predicted octanol–water partition coefficient (Wildman–Crippen LogP) is 2.83. The van der Waals surface area contributed by atoms with Gasteiger partial charge in [-0.25, -0.2) is 4.79 Å². The summed E-state index contributed by atoms with van der Waals surface area (Å²) in [5.74, 6) is -1.01. The average molecular weight is 314 g/mol.